The highest BCUT2D eigenvalue weighted by atomic mass is 32.1. The largest absolute Gasteiger partial charge is 0.497 e. The number of carbonyl (C=O) groups excluding carboxylic acids is 1. The topological polar surface area (TPSA) is 65.8 Å². The summed E-state index contributed by atoms with van der Waals surface area (Å²) in [6.07, 6.45) is 0.534. The summed E-state index contributed by atoms with van der Waals surface area (Å²) in [7, 11) is 3.14. The van der Waals surface area contributed by atoms with Gasteiger partial charge in [0.05, 0.1) is 42.1 Å². The van der Waals surface area contributed by atoms with Crippen LogP contribution in [0, 0.1) is 11.6 Å². The van der Waals surface area contributed by atoms with Crippen LogP contribution in [0.3, 0.4) is 0 Å². The first kappa shape index (κ1) is 26.3. The molecule has 4 aromatic rings. The Morgan fingerprint density at radius 2 is 1.89 bits per heavy atom. The Labute approximate surface area is 217 Å². The first-order chi connectivity index (χ1) is 17.9. The maximum absolute atomic E-state index is 14.6. The molecule has 0 unspecified atom stereocenters. The van der Waals surface area contributed by atoms with Gasteiger partial charge < -0.3 is 19.1 Å². The summed E-state index contributed by atoms with van der Waals surface area (Å²) >= 11 is 1.35. The van der Waals surface area contributed by atoms with Gasteiger partial charge in [0.2, 0.25) is 5.88 Å². The molecule has 2 aromatic carbocycles. The number of rotatable bonds is 11. The van der Waals surface area contributed by atoms with Gasteiger partial charge in [-0.05, 0) is 54.3 Å². The highest BCUT2D eigenvalue weighted by molar-refractivity contribution is 7.12. The van der Waals surface area contributed by atoms with Crippen LogP contribution >= 0.6 is 11.3 Å². The van der Waals surface area contributed by atoms with E-state index < -0.39 is 11.6 Å². The van der Waals surface area contributed by atoms with Crippen molar-refractivity contribution in [2.45, 2.75) is 19.9 Å². The molecule has 7 nitrogen and oxygen atoms in total. The van der Waals surface area contributed by atoms with Crippen LogP contribution in [0.25, 0.3) is 5.69 Å². The molecule has 194 valence electrons. The minimum atomic E-state index is -0.850. The zero-order valence-electron chi connectivity index (χ0n) is 20.7. The van der Waals surface area contributed by atoms with Crippen molar-refractivity contribution in [2.24, 2.45) is 0 Å². The molecule has 2 aromatic heterocycles. The average Bonchev–Trinajstić information content (AvgIpc) is 3.56. The monoisotopic (exact) mass is 527 g/mol. The quantitative estimate of drug-likeness (QED) is 0.244. The number of hydrogen-bond acceptors (Lipinski definition) is 6. The number of nitrogens with zero attached hydrogens (tertiary/aromatic N) is 3. The maximum Gasteiger partial charge on any atom is 0.264 e. The van der Waals surface area contributed by atoms with E-state index in [1.807, 2.05) is 18.4 Å². The Kier molecular flexibility index (Phi) is 8.52. The number of benzene rings is 2. The highest BCUT2D eigenvalue weighted by Gasteiger charge is 2.26. The summed E-state index contributed by atoms with van der Waals surface area (Å²) in [5, 5.41) is 6.58. The molecule has 10 heteroatoms. The van der Waals surface area contributed by atoms with E-state index in [2.05, 4.69) is 0 Å². The number of carbonyl (C=O) groups is 1. The molecule has 0 N–H and O–H groups in total. The Morgan fingerprint density at radius 1 is 1.11 bits per heavy atom. The van der Waals surface area contributed by atoms with Crippen LogP contribution in [0.15, 0.2) is 60.0 Å². The van der Waals surface area contributed by atoms with Crippen molar-refractivity contribution in [3.8, 4) is 23.1 Å². The van der Waals surface area contributed by atoms with Crippen LogP contribution in [-0.2, 0) is 17.7 Å². The average molecular weight is 528 g/mol. The molecule has 0 bridgehead atoms. The van der Waals surface area contributed by atoms with Crippen molar-refractivity contribution in [1.82, 2.24) is 14.7 Å². The molecule has 37 heavy (non-hydrogen) atoms. The molecule has 0 saturated heterocycles. The van der Waals surface area contributed by atoms with Crippen molar-refractivity contribution in [3.05, 3.63) is 87.7 Å². The zero-order valence-corrected chi connectivity index (χ0v) is 21.6. The van der Waals surface area contributed by atoms with Crippen LogP contribution in [0.4, 0.5) is 8.78 Å². The van der Waals surface area contributed by atoms with Gasteiger partial charge in [0.25, 0.3) is 5.91 Å². The number of hydrogen-bond donors (Lipinski definition) is 0. The Balaban J connectivity index is 1.81. The van der Waals surface area contributed by atoms with E-state index in [1.54, 1.807) is 54.1 Å². The number of ether oxygens (including phenoxy) is 3. The van der Waals surface area contributed by atoms with E-state index in [-0.39, 0.29) is 24.1 Å². The predicted molar refractivity (Wildman–Crippen MR) is 137 cm³/mol. The number of methoxy groups -OCH3 is 2. The normalized spacial score (nSPS) is 10.9. The fraction of sp³-hybridized carbons (Fsp3) is 0.259. The first-order valence-corrected chi connectivity index (χ1v) is 12.5. The van der Waals surface area contributed by atoms with Crippen molar-refractivity contribution in [3.63, 3.8) is 0 Å². The van der Waals surface area contributed by atoms with Crippen molar-refractivity contribution < 1.29 is 27.8 Å². The van der Waals surface area contributed by atoms with Gasteiger partial charge in [-0.25, -0.2) is 13.5 Å². The molecule has 1 amide bonds. The number of aromatic nitrogens is 2. The predicted octanol–water partition coefficient (Wildman–Crippen LogP) is 5.86. The molecule has 0 aliphatic carbocycles. The van der Waals surface area contributed by atoms with Gasteiger partial charge in [-0.2, -0.15) is 5.10 Å². The van der Waals surface area contributed by atoms with E-state index in [0.29, 0.717) is 47.1 Å². The van der Waals surface area contributed by atoms with Gasteiger partial charge in [0.1, 0.15) is 11.6 Å². The second-order valence-corrected chi connectivity index (χ2v) is 9.02. The fourth-order valence-corrected chi connectivity index (χ4v) is 4.48. The third kappa shape index (κ3) is 5.98. The number of amides is 1. The molecule has 0 atom stereocenters. The van der Waals surface area contributed by atoms with Crippen molar-refractivity contribution >= 4 is 17.2 Å². The van der Waals surface area contributed by atoms with Gasteiger partial charge in [-0.1, -0.05) is 13.0 Å². The summed E-state index contributed by atoms with van der Waals surface area (Å²) in [4.78, 5) is 15.6. The second kappa shape index (κ2) is 12.0. The zero-order chi connectivity index (χ0) is 26.4. The van der Waals surface area contributed by atoms with Gasteiger partial charge in [0.15, 0.2) is 11.6 Å². The lowest BCUT2D eigenvalue weighted by molar-refractivity contribution is 0.0683. The molecule has 2 heterocycles. The number of thiophene rings is 1. The molecule has 0 saturated carbocycles. The lowest BCUT2D eigenvalue weighted by atomic mass is 10.1. The van der Waals surface area contributed by atoms with Crippen LogP contribution in [0.2, 0.25) is 0 Å². The summed E-state index contributed by atoms with van der Waals surface area (Å²) in [6, 6.07) is 13.8. The van der Waals surface area contributed by atoms with Crippen LogP contribution in [0.1, 0.15) is 27.9 Å². The number of aryl methyl sites for hydroxylation is 1. The number of halogens is 2. The molecule has 0 radical (unpaired) electrons. The van der Waals surface area contributed by atoms with Crippen molar-refractivity contribution in [1.29, 1.82) is 0 Å². The minimum Gasteiger partial charge on any atom is -0.497 e. The maximum atomic E-state index is 14.6. The van der Waals surface area contributed by atoms with Crippen LogP contribution < -0.4 is 9.47 Å². The minimum absolute atomic E-state index is 0.150. The van der Waals surface area contributed by atoms with E-state index in [0.717, 1.165) is 12.1 Å². The summed E-state index contributed by atoms with van der Waals surface area (Å²) in [5.41, 5.74) is 1.94. The molecule has 4 rings (SSSR count). The molecule has 0 aliphatic rings. The smallest absolute Gasteiger partial charge is 0.264 e. The summed E-state index contributed by atoms with van der Waals surface area (Å²) in [5.74, 6) is -0.994. The van der Waals surface area contributed by atoms with Gasteiger partial charge in [-0.15, -0.1) is 11.3 Å². The summed E-state index contributed by atoms with van der Waals surface area (Å²) < 4.78 is 46.3. The molecule has 0 spiro atoms. The summed E-state index contributed by atoms with van der Waals surface area (Å²) in [6.45, 7) is 2.74. The lowest BCUT2D eigenvalue weighted by Gasteiger charge is -2.22. The third-order valence-corrected chi connectivity index (χ3v) is 6.56. The standard InChI is InChI=1S/C27H27F2N3O4S/c1-4-23-21(17-31(13-14-34-2)26(33)25-6-5-15-37-25)27(36-24-12-7-18(28)16-22(24)29)32(30-23)19-8-10-20(35-3)11-9-19/h5-12,15-16H,4,13-14,17H2,1-3H3. The first-order valence-electron chi connectivity index (χ1n) is 11.6. The Hall–Kier alpha value is -3.76. The molecule has 0 fully saturated rings. The fourth-order valence-electron chi connectivity index (χ4n) is 3.79. The second-order valence-electron chi connectivity index (χ2n) is 8.07. The Bertz CT molecular complexity index is 1340. The molecular formula is C27H27F2N3O4S. The van der Waals surface area contributed by atoms with E-state index in [9.17, 15) is 13.6 Å². The van der Waals surface area contributed by atoms with E-state index in [4.69, 9.17) is 19.3 Å². The van der Waals surface area contributed by atoms with Crippen molar-refractivity contribution in [2.75, 3.05) is 27.4 Å². The van der Waals surface area contributed by atoms with Gasteiger partial charge >= 0.3 is 0 Å². The third-order valence-electron chi connectivity index (χ3n) is 5.71. The van der Waals surface area contributed by atoms with Crippen LogP contribution in [-0.4, -0.2) is 48.0 Å². The molecule has 0 aliphatic heterocycles. The van der Waals surface area contributed by atoms with Gasteiger partial charge in [-0.3, -0.25) is 4.79 Å². The van der Waals surface area contributed by atoms with E-state index in [1.165, 1.54) is 17.4 Å². The Morgan fingerprint density at radius 3 is 2.51 bits per heavy atom. The molecular weight excluding hydrogens is 500 g/mol. The van der Waals surface area contributed by atoms with Crippen LogP contribution in [0.5, 0.6) is 17.4 Å². The highest BCUT2D eigenvalue weighted by Crippen LogP contribution is 2.34. The SMILES string of the molecule is CCc1nn(-c2ccc(OC)cc2)c(Oc2ccc(F)cc2F)c1CN(CCOC)C(=O)c1cccs1. The van der Waals surface area contributed by atoms with Gasteiger partial charge in [0, 0.05) is 19.7 Å². The lowest BCUT2D eigenvalue weighted by Crippen LogP contribution is -2.33. The van der Waals surface area contributed by atoms with E-state index >= 15 is 0 Å².